The highest BCUT2D eigenvalue weighted by Crippen LogP contribution is 2.28. The van der Waals surface area contributed by atoms with Crippen LogP contribution < -0.4 is 10.5 Å². The zero-order valence-electron chi connectivity index (χ0n) is 8.84. The maximum absolute atomic E-state index is 12.4. The first-order chi connectivity index (χ1) is 8.11. The van der Waals surface area contributed by atoms with Crippen LogP contribution in [-0.4, -0.2) is 27.1 Å². The number of halogens is 2. The molecule has 0 aliphatic heterocycles. The largest absolute Gasteiger partial charge is 0.494 e. The number of hydrogen-bond donors (Lipinski definition) is 1. The SMILES string of the molecule is COc1cc(N)nnc1-c1cnn(C(F)F)c1. The third-order valence-electron chi connectivity index (χ3n) is 2.07. The summed E-state index contributed by atoms with van der Waals surface area (Å²) >= 11 is 0. The van der Waals surface area contributed by atoms with Gasteiger partial charge in [-0.1, -0.05) is 0 Å². The van der Waals surface area contributed by atoms with Gasteiger partial charge in [0.1, 0.15) is 11.5 Å². The summed E-state index contributed by atoms with van der Waals surface area (Å²) in [7, 11) is 1.43. The highest BCUT2D eigenvalue weighted by atomic mass is 19.3. The first-order valence-electron chi connectivity index (χ1n) is 4.61. The standard InChI is InChI=1S/C9H9F2N5O/c1-17-6-2-7(12)14-15-8(6)5-3-13-16(4-5)9(10)11/h2-4,9H,1H3,(H2,12,14). The molecule has 0 saturated heterocycles. The second-order valence-electron chi connectivity index (χ2n) is 3.17. The van der Waals surface area contributed by atoms with Crippen LogP contribution in [0.2, 0.25) is 0 Å². The average Bonchev–Trinajstić information content (AvgIpc) is 2.78. The summed E-state index contributed by atoms with van der Waals surface area (Å²) in [6.07, 6.45) is 2.42. The van der Waals surface area contributed by atoms with E-state index in [1.54, 1.807) is 0 Å². The molecule has 0 aliphatic rings. The summed E-state index contributed by atoms with van der Waals surface area (Å²) in [6.45, 7) is -2.70. The third-order valence-corrected chi connectivity index (χ3v) is 2.07. The minimum Gasteiger partial charge on any atom is -0.494 e. The van der Waals surface area contributed by atoms with Gasteiger partial charge in [-0.05, 0) is 0 Å². The van der Waals surface area contributed by atoms with Crippen molar-refractivity contribution < 1.29 is 13.5 Å². The van der Waals surface area contributed by atoms with Gasteiger partial charge in [-0.2, -0.15) is 13.9 Å². The number of anilines is 1. The third kappa shape index (κ3) is 2.14. The van der Waals surface area contributed by atoms with Crippen molar-refractivity contribution in [2.24, 2.45) is 0 Å². The van der Waals surface area contributed by atoms with Crippen molar-refractivity contribution in [2.45, 2.75) is 6.55 Å². The normalized spacial score (nSPS) is 10.8. The Kier molecular flexibility index (Phi) is 2.86. The molecule has 2 aromatic heterocycles. The van der Waals surface area contributed by atoms with Gasteiger partial charge in [-0.25, -0.2) is 4.68 Å². The van der Waals surface area contributed by atoms with E-state index in [1.807, 2.05) is 0 Å². The van der Waals surface area contributed by atoms with Crippen LogP contribution in [0.1, 0.15) is 6.55 Å². The smallest absolute Gasteiger partial charge is 0.333 e. The van der Waals surface area contributed by atoms with Crippen molar-refractivity contribution in [1.82, 2.24) is 20.0 Å². The Balaban J connectivity index is 2.44. The monoisotopic (exact) mass is 241 g/mol. The molecule has 8 heteroatoms. The first kappa shape index (κ1) is 11.2. The molecule has 2 N–H and O–H groups in total. The zero-order valence-corrected chi connectivity index (χ0v) is 8.84. The molecule has 0 radical (unpaired) electrons. The molecule has 90 valence electrons. The fourth-order valence-corrected chi connectivity index (χ4v) is 1.31. The molecule has 0 fully saturated rings. The number of nitrogens with two attached hydrogens (primary N) is 1. The van der Waals surface area contributed by atoms with E-state index in [0.717, 1.165) is 6.20 Å². The highest BCUT2D eigenvalue weighted by Gasteiger charge is 2.14. The van der Waals surface area contributed by atoms with Gasteiger partial charge >= 0.3 is 6.55 Å². The molecule has 0 aromatic carbocycles. The first-order valence-corrected chi connectivity index (χ1v) is 4.61. The Morgan fingerprint density at radius 1 is 1.41 bits per heavy atom. The van der Waals surface area contributed by atoms with E-state index in [9.17, 15) is 8.78 Å². The van der Waals surface area contributed by atoms with Crippen molar-refractivity contribution >= 4 is 5.82 Å². The summed E-state index contributed by atoms with van der Waals surface area (Å²) in [5, 5.41) is 10.9. The van der Waals surface area contributed by atoms with E-state index in [1.165, 1.54) is 19.4 Å². The molecule has 0 amide bonds. The lowest BCUT2D eigenvalue weighted by Crippen LogP contribution is -1.98. The quantitative estimate of drug-likeness (QED) is 0.876. The molecule has 17 heavy (non-hydrogen) atoms. The average molecular weight is 241 g/mol. The van der Waals surface area contributed by atoms with Crippen LogP contribution in [0.5, 0.6) is 5.75 Å². The van der Waals surface area contributed by atoms with Gasteiger partial charge < -0.3 is 10.5 Å². The number of nitrogen functional groups attached to an aromatic ring is 1. The second kappa shape index (κ2) is 4.32. The topological polar surface area (TPSA) is 78.8 Å². The van der Waals surface area contributed by atoms with Crippen molar-refractivity contribution in [3.05, 3.63) is 18.5 Å². The molecule has 2 rings (SSSR count). The number of rotatable bonds is 3. The molecule has 0 atom stereocenters. The maximum Gasteiger partial charge on any atom is 0.333 e. The summed E-state index contributed by atoms with van der Waals surface area (Å²) in [6, 6.07) is 1.46. The minimum absolute atomic E-state index is 0.187. The number of aromatic nitrogens is 4. The molecular weight excluding hydrogens is 232 g/mol. The van der Waals surface area contributed by atoms with E-state index >= 15 is 0 Å². The molecular formula is C9H9F2N5O. The second-order valence-corrected chi connectivity index (χ2v) is 3.17. The molecule has 6 nitrogen and oxygen atoms in total. The van der Waals surface area contributed by atoms with Gasteiger partial charge in [-0.3, -0.25) is 0 Å². The van der Waals surface area contributed by atoms with Gasteiger partial charge in [0, 0.05) is 17.8 Å². The van der Waals surface area contributed by atoms with Crippen LogP contribution in [0.15, 0.2) is 18.5 Å². The van der Waals surface area contributed by atoms with Crippen LogP contribution in [-0.2, 0) is 0 Å². The Labute approximate surface area is 95.0 Å². The number of hydrogen-bond acceptors (Lipinski definition) is 5. The molecule has 0 saturated carbocycles. The summed E-state index contributed by atoms with van der Waals surface area (Å²) in [5.41, 5.74) is 6.14. The van der Waals surface area contributed by atoms with Crippen molar-refractivity contribution in [3.8, 4) is 17.0 Å². The molecule has 0 bridgehead atoms. The predicted octanol–water partition coefficient (Wildman–Crippen LogP) is 1.33. The van der Waals surface area contributed by atoms with Gasteiger partial charge in [0.05, 0.1) is 13.3 Å². The summed E-state index contributed by atoms with van der Waals surface area (Å²) in [5.74, 6) is 0.540. The van der Waals surface area contributed by atoms with E-state index in [-0.39, 0.29) is 5.82 Å². The number of ether oxygens (including phenoxy) is 1. The van der Waals surface area contributed by atoms with Gasteiger partial charge in [-0.15, -0.1) is 10.2 Å². The fourth-order valence-electron chi connectivity index (χ4n) is 1.31. The molecule has 0 unspecified atom stereocenters. The summed E-state index contributed by atoms with van der Waals surface area (Å²) < 4.78 is 30.3. The fraction of sp³-hybridized carbons (Fsp3) is 0.222. The Hall–Kier alpha value is -2.25. The van der Waals surface area contributed by atoms with E-state index < -0.39 is 6.55 Å². The number of alkyl halides is 2. The van der Waals surface area contributed by atoms with Crippen molar-refractivity contribution in [3.63, 3.8) is 0 Å². The van der Waals surface area contributed by atoms with Crippen LogP contribution in [0.4, 0.5) is 14.6 Å². The number of methoxy groups -OCH3 is 1. The zero-order chi connectivity index (χ0) is 12.4. The van der Waals surface area contributed by atoms with Crippen molar-refractivity contribution in [1.29, 1.82) is 0 Å². The van der Waals surface area contributed by atoms with Gasteiger partial charge in [0.25, 0.3) is 0 Å². The van der Waals surface area contributed by atoms with E-state index in [2.05, 4.69) is 15.3 Å². The van der Waals surface area contributed by atoms with Crippen molar-refractivity contribution in [2.75, 3.05) is 12.8 Å². The molecule has 2 aromatic rings. The molecule has 2 heterocycles. The van der Waals surface area contributed by atoms with Crippen LogP contribution in [0.3, 0.4) is 0 Å². The minimum atomic E-state index is -2.70. The van der Waals surface area contributed by atoms with Crippen LogP contribution >= 0.6 is 0 Å². The predicted molar refractivity (Wildman–Crippen MR) is 55.5 cm³/mol. The van der Waals surface area contributed by atoms with Crippen LogP contribution in [0, 0.1) is 0 Å². The Morgan fingerprint density at radius 3 is 2.76 bits per heavy atom. The lowest BCUT2D eigenvalue weighted by Gasteiger charge is -2.04. The lowest BCUT2D eigenvalue weighted by atomic mass is 10.2. The molecule has 0 aliphatic carbocycles. The van der Waals surface area contributed by atoms with Gasteiger partial charge in [0.2, 0.25) is 0 Å². The van der Waals surface area contributed by atoms with E-state index in [4.69, 9.17) is 10.5 Å². The Morgan fingerprint density at radius 2 is 2.18 bits per heavy atom. The highest BCUT2D eigenvalue weighted by molar-refractivity contribution is 5.65. The summed E-state index contributed by atoms with van der Waals surface area (Å²) in [4.78, 5) is 0. The lowest BCUT2D eigenvalue weighted by molar-refractivity contribution is 0.0566. The van der Waals surface area contributed by atoms with Gasteiger partial charge in [0.15, 0.2) is 5.75 Å². The number of nitrogens with zero attached hydrogens (tertiary/aromatic N) is 4. The Bertz CT molecular complexity index is 528. The van der Waals surface area contributed by atoms with Crippen LogP contribution in [0.25, 0.3) is 11.3 Å². The maximum atomic E-state index is 12.4. The van der Waals surface area contributed by atoms with E-state index in [0.29, 0.717) is 21.7 Å². The molecule has 0 spiro atoms.